The van der Waals surface area contributed by atoms with Crippen molar-refractivity contribution in [1.29, 1.82) is 0 Å². The average Bonchev–Trinajstić information content (AvgIpc) is 2.81. The molecule has 1 aromatic heterocycles. The fourth-order valence-corrected chi connectivity index (χ4v) is 1.86. The molecule has 0 radical (unpaired) electrons. The van der Waals surface area contributed by atoms with Gasteiger partial charge in [0.1, 0.15) is 0 Å². The third kappa shape index (κ3) is 2.22. The summed E-state index contributed by atoms with van der Waals surface area (Å²) in [7, 11) is 0. The van der Waals surface area contributed by atoms with Gasteiger partial charge in [-0.2, -0.15) is 0 Å². The molecule has 2 rings (SSSR count). The first-order valence-corrected chi connectivity index (χ1v) is 5.61. The maximum atomic E-state index is 11.9. The predicted octanol–water partition coefficient (Wildman–Crippen LogP) is 1.47. The van der Waals surface area contributed by atoms with Crippen molar-refractivity contribution in [2.24, 2.45) is 0 Å². The number of amides is 2. The maximum Gasteiger partial charge on any atom is 0.338 e. The first-order valence-electron chi connectivity index (χ1n) is 5.61. The molecule has 0 saturated carbocycles. The van der Waals surface area contributed by atoms with E-state index in [1.165, 1.54) is 12.5 Å². The van der Waals surface area contributed by atoms with Crippen molar-refractivity contribution in [3.63, 3.8) is 0 Å². The lowest BCUT2D eigenvalue weighted by atomic mass is 9.98. The molecular weight excluding hydrogens is 236 g/mol. The summed E-state index contributed by atoms with van der Waals surface area (Å²) in [5, 5.41) is 5.23. The van der Waals surface area contributed by atoms with Crippen LogP contribution in [0.3, 0.4) is 0 Å². The molecule has 1 aromatic rings. The molecule has 0 bridgehead atoms. The van der Waals surface area contributed by atoms with E-state index in [9.17, 15) is 9.59 Å². The second-order valence-corrected chi connectivity index (χ2v) is 3.85. The Labute approximate surface area is 104 Å². The largest absolute Gasteiger partial charge is 0.472 e. The van der Waals surface area contributed by atoms with Crippen molar-refractivity contribution in [1.82, 2.24) is 10.6 Å². The van der Waals surface area contributed by atoms with E-state index >= 15 is 0 Å². The quantitative estimate of drug-likeness (QED) is 0.796. The monoisotopic (exact) mass is 250 g/mol. The predicted molar refractivity (Wildman–Crippen MR) is 62.4 cm³/mol. The smallest absolute Gasteiger partial charge is 0.338 e. The van der Waals surface area contributed by atoms with Crippen LogP contribution in [0.15, 0.2) is 34.3 Å². The molecule has 0 aliphatic carbocycles. The summed E-state index contributed by atoms with van der Waals surface area (Å²) in [5.41, 5.74) is 1.58. The molecule has 0 saturated heterocycles. The van der Waals surface area contributed by atoms with Crippen LogP contribution in [-0.2, 0) is 9.53 Å². The van der Waals surface area contributed by atoms with Crippen molar-refractivity contribution in [2.45, 2.75) is 19.9 Å². The Bertz CT molecular complexity index is 490. The minimum atomic E-state index is -0.545. The molecule has 2 N–H and O–H groups in total. The third-order valence-electron chi connectivity index (χ3n) is 2.64. The Morgan fingerprint density at radius 3 is 2.94 bits per heavy atom. The van der Waals surface area contributed by atoms with Crippen molar-refractivity contribution in [2.75, 3.05) is 6.61 Å². The lowest BCUT2D eigenvalue weighted by Gasteiger charge is -2.26. The summed E-state index contributed by atoms with van der Waals surface area (Å²) in [6.45, 7) is 3.68. The Morgan fingerprint density at radius 2 is 2.33 bits per heavy atom. The van der Waals surface area contributed by atoms with Crippen LogP contribution < -0.4 is 10.6 Å². The molecule has 18 heavy (non-hydrogen) atoms. The summed E-state index contributed by atoms with van der Waals surface area (Å²) < 4.78 is 9.98. The molecule has 1 atom stereocenters. The van der Waals surface area contributed by atoms with E-state index in [0.717, 1.165) is 0 Å². The highest BCUT2D eigenvalue weighted by molar-refractivity contribution is 5.94. The maximum absolute atomic E-state index is 11.9. The molecule has 2 heterocycles. The molecule has 6 nitrogen and oxygen atoms in total. The van der Waals surface area contributed by atoms with Gasteiger partial charge in [-0.25, -0.2) is 9.59 Å². The van der Waals surface area contributed by atoms with Crippen molar-refractivity contribution >= 4 is 12.0 Å². The third-order valence-corrected chi connectivity index (χ3v) is 2.64. The van der Waals surface area contributed by atoms with E-state index in [1.54, 1.807) is 19.9 Å². The molecular formula is C12H14N2O4. The van der Waals surface area contributed by atoms with Crippen LogP contribution in [0.5, 0.6) is 0 Å². The molecule has 96 valence electrons. The number of ether oxygens (including phenoxy) is 1. The van der Waals surface area contributed by atoms with Crippen LogP contribution in [0.1, 0.15) is 25.5 Å². The number of hydrogen-bond donors (Lipinski definition) is 2. The number of carbonyl (C=O) groups is 2. The SMILES string of the molecule is CCOC(=O)C1=C(C)NC(=O)NC1c1ccoc1. The Hall–Kier alpha value is -2.24. The van der Waals surface area contributed by atoms with Crippen LogP contribution in [0.25, 0.3) is 0 Å². The zero-order valence-corrected chi connectivity index (χ0v) is 10.1. The highest BCUT2D eigenvalue weighted by atomic mass is 16.5. The van der Waals surface area contributed by atoms with Crippen LogP contribution >= 0.6 is 0 Å². The van der Waals surface area contributed by atoms with Gasteiger partial charge in [0.05, 0.1) is 30.7 Å². The van der Waals surface area contributed by atoms with E-state index in [2.05, 4.69) is 10.6 Å². The first kappa shape index (κ1) is 12.2. The molecule has 1 aliphatic heterocycles. The Kier molecular flexibility index (Phi) is 3.36. The van der Waals surface area contributed by atoms with Gasteiger partial charge < -0.3 is 19.8 Å². The van der Waals surface area contributed by atoms with E-state index < -0.39 is 12.0 Å². The van der Waals surface area contributed by atoms with Gasteiger partial charge in [-0.3, -0.25) is 0 Å². The Balaban J connectivity index is 2.38. The van der Waals surface area contributed by atoms with Crippen LogP contribution in [-0.4, -0.2) is 18.6 Å². The summed E-state index contributed by atoms with van der Waals surface area (Å²) in [4.78, 5) is 23.4. The first-order chi connectivity index (χ1) is 8.63. The second kappa shape index (κ2) is 4.95. The number of urea groups is 1. The van der Waals surface area contributed by atoms with Gasteiger partial charge in [0.2, 0.25) is 0 Å². The fourth-order valence-electron chi connectivity index (χ4n) is 1.86. The fraction of sp³-hybridized carbons (Fsp3) is 0.333. The number of allylic oxidation sites excluding steroid dienone is 1. The highest BCUT2D eigenvalue weighted by Gasteiger charge is 2.32. The van der Waals surface area contributed by atoms with Gasteiger partial charge in [-0.05, 0) is 19.9 Å². The highest BCUT2D eigenvalue weighted by Crippen LogP contribution is 2.27. The van der Waals surface area contributed by atoms with Gasteiger partial charge in [0.15, 0.2) is 0 Å². The molecule has 0 fully saturated rings. The standard InChI is InChI=1S/C12H14N2O4/c1-3-18-11(15)9-7(2)13-12(16)14-10(9)8-4-5-17-6-8/h4-6,10H,3H2,1-2H3,(H2,13,14,16). The number of carbonyl (C=O) groups excluding carboxylic acids is 2. The lowest BCUT2D eigenvalue weighted by molar-refractivity contribution is -0.139. The number of esters is 1. The summed E-state index contributed by atoms with van der Waals surface area (Å²) in [5.74, 6) is -0.450. The molecule has 2 amide bonds. The minimum absolute atomic E-state index is 0.279. The van der Waals surface area contributed by atoms with Crippen molar-refractivity contribution < 1.29 is 18.7 Å². The topological polar surface area (TPSA) is 80.6 Å². The van der Waals surface area contributed by atoms with Gasteiger partial charge in [0, 0.05) is 11.3 Å². The number of furan rings is 1. The van der Waals surface area contributed by atoms with Crippen LogP contribution in [0.4, 0.5) is 4.79 Å². The van der Waals surface area contributed by atoms with Gasteiger partial charge >= 0.3 is 12.0 Å². The van der Waals surface area contributed by atoms with Gasteiger partial charge in [-0.15, -0.1) is 0 Å². The van der Waals surface area contributed by atoms with E-state index in [1.807, 2.05) is 0 Å². The zero-order chi connectivity index (χ0) is 13.1. The molecule has 0 spiro atoms. The minimum Gasteiger partial charge on any atom is -0.472 e. The van der Waals surface area contributed by atoms with Gasteiger partial charge in [-0.1, -0.05) is 0 Å². The molecule has 0 aromatic carbocycles. The number of nitrogens with one attached hydrogen (secondary N) is 2. The Morgan fingerprint density at radius 1 is 1.56 bits per heavy atom. The lowest BCUT2D eigenvalue weighted by Crippen LogP contribution is -2.45. The zero-order valence-electron chi connectivity index (χ0n) is 10.1. The molecule has 1 aliphatic rings. The van der Waals surface area contributed by atoms with E-state index in [-0.39, 0.29) is 12.6 Å². The normalized spacial score (nSPS) is 19.2. The van der Waals surface area contributed by atoms with Crippen LogP contribution in [0.2, 0.25) is 0 Å². The van der Waals surface area contributed by atoms with Gasteiger partial charge in [0.25, 0.3) is 0 Å². The summed E-state index contributed by atoms with van der Waals surface area (Å²) in [6, 6.07) is 0.797. The molecule has 1 unspecified atom stereocenters. The number of rotatable bonds is 3. The summed E-state index contributed by atoms with van der Waals surface area (Å²) in [6.07, 6.45) is 2.98. The van der Waals surface area contributed by atoms with Crippen molar-refractivity contribution in [3.05, 3.63) is 35.4 Å². The van der Waals surface area contributed by atoms with E-state index in [0.29, 0.717) is 16.8 Å². The van der Waals surface area contributed by atoms with Crippen LogP contribution in [0, 0.1) is 0 Å². The van der Waals surface area contributed by atoms with E-state index in [4.69, 9.17) is 9.15 Å². The number of hydrogen-bond acceptors (Lipinski definition) is 4. The van der Waals surface area contributed by atoms with Crippen molar-refractivity contribution in [3.8, 4) is 0 Å². The second-order valence-electron chi connectivity index (χ2n) is 3.85. The summed E-state index contributed by atoms with van der Waals surface area (Å²) >= 11 is 0. The molecule has 6 heteroatoms. The average molecular weight is 250 g/mol.